The Hall–Kier alpha value is -5.35. The molecule has 5 atom stereocenters. The summed E-state index contributed by atoms with van der Waals surface area (Å²) < 4.78 is 61.2. The minimum absolute atomic E-state index is 0.0788. The molecule has 0 radical (unpaired) electrons. The highest BCUT2D eigenvalue weighted by molar-refractivity contribution is 7.47. The molecule has 0 aliphatic rings. The Balaban J connectivity index is 4.68. The van der Waals surface area contributed by atoms with E-state index in [9.17, 15) is 43.5 Å². The second kappa shape index (κ2) is 78.2. The van der Waals surface area contributed by atoms with Gasteiger partial charge in [0.1, 0.15) is 25.4 Å². The minimum atomic E-state index is -4.95. The normalized spacial score (nSPS) is 14.9. The molecule has 0 heterocycles. The van der Waals surface area contributed by atoms with Gasteiger partial charge in [0.05, 0.1) is 26.4 Å². The Morgan fingerprint density at radius 3 is 0.752 bits per heavy atom. The summed E-state index contributed by atoms with van der Waals surface area (Å²) in [4.78, 5) is 58.8. The van der Waals surface area contributed by atoms with Crippen LogP contribution in [0.2, 0.25) is 0 Å². The molecule has 105 heavy (non-hydrogen) atoms. The molecule has 0 saturated heterocycles. The molecule has 0 aromatic rings. The highest BCUT2D eigenvalue weighted by Crippen LogP contribution is 2.45. The molecule has 0 fully saturated rings. The van der Waals surface area contributed by atoms with Crippen molar-refractivity contribution in [2.75, 3.05) is 39.6 Å². The number of ether oxygens (including phenoxy) is 3. The summed E-state index contributed by atoms with van der Waals surface area (Å²) in [7, 11) is -9.82. The van der Waals surface area contributed by atoms with Gasteiger partial charge in [-0.05, 0) is 154 Å². The fraction of sp³-hybridized carbons (Fsp3) is 0.621. The van der Waals surface area contributed by atoms with Crippen LogP contribution in [0.5, 0.6) is 0 Å². The van der Waals surface area contributed by atoms with Gasteiger partial charge in [-0.25, -0.2) is 9.13 Å². The Labute approximate surface area is 636 Å². The van der Waals surface area contributed by atoms with Crippen molar-refractivity contribution in [3.63, 3.8) is 0 Å². The Bertz CT molecular complexity index is 2640. The molecule has 0 spiro atoms. The monoisotopic (exact) mass is 1500 g/mol. The molecule has 5 unspecified atom stereocenters. The first-order valence-corrected chi connectivity index (χ1v) is 43.1. The fourth-order valence-corrected chi connectivity index (χ4v) is 11.7. The van der Waals surface area contributed by atoms with Crippen molar-refractivity contribution in [3.8, 4) is 0 Å². The van der Waals surface area contributed by atoms with Crippen LogP contribution in [0, 0.1) is 0 Å². The molecule has 0 bridgehead atoms. The summed E-state index contributed by atoms with van der Waals surface area (Å²) in [6.45, 7) is 2.29. The average molecular weight is 1510 g/mol. The zero-order valence-electron chi connectivity index (χ0n) is 65.1. The Morgan fingerprint density at radius 2 is 0.476 bits per heavy atom. The lowest BCUT2D eigenvalue weighted by atomic mass is 10.1. The second-order valence-corrected chi connectivity index (χ2v) is 29.0. The lowest BCUT2D eigenvalue weighted by Crippen LogP contribution is -2.30. The summed E-state index contributed by atoms with van der Waals surface area (Å²) in [6, 6.07) is 0. The topological polar surface area (TPSA) is 231 Å². The van der Waals surface area contributed by atoms with E-state index in [4.69, 9.17) is 32.3 Å². The largest absolute Gasteiger partial charge is 0.472 e. The van der Waals surface area contributed by atoms with E-state index in [-0.39, 0.29) is 19.3 Å². The maximum absolute atomic E-state index is 13.0. The van der Waals surface area contributed by atoms with Crippen molar-refractivity contribution < 1.29 is 75.8 Å². The highest BCUT2D eigenvalue weighted by atomic mass is 31.2. The second-order valence-electron chi connectivity index (χ2n) is 26.1. The molecule has 0 aromatic heterocycles. The van der Waals surface area contributed by atoms with Gasteiger partial charge in [-0.15, -0.1) is 0 Å². The van der Waals surface area contributed by atoms with Gasteiger partial charge in [0, 0.05) is 19.3 Å². The number of allylic oxidation sites excluding steroid dienone is 30. The number of carbonyl (C=O) groups excluding carboxylic acids is 3. The standard InChI is InChI=1S/C87H142O16P2/c1-4-7-10-13-16-19-22-25-28-31-34-36-38-39-40-41-43-45-47-49-52-55-58-61-64-67-70-73-85(90)97-76-82(88)77-99-104(93,94)100-78-83(89)79-101-105(95,96)102-81-84(103-87(92)75-72-69-66-63-60-57-54-51-46-33-30-27-24-21-18-15-12-9-6-3)80-98-86(91)74-71-68-65-62-59-56-53-50-48-44-42-37-35-32-29-26-23-20-17-14-11-8-5-2/h7-12,16-21,25-30,34-37,39-40,43-46,48,51,82-84,88-89H,4-6,13-15,22-24,31-33,38,41-42,47,49-50,52-81H2,1-3H3,(H,93,94)(H,95,96)/b10-7-,11-8-,12-9-,19-16-,20-17-,21-18-,28-25-,29-26-,30-27-,36-34-,37-35-,40-39-,45-43-,48-44-,51-46-. The summed E-state index contributed by atoms with van der Waals surface area (Å²) >= 11 is 0. The summed E-state index contributed by atoms with van der Waals surface area (Å²) in [5.74, 6) is -1.62. The number of aliphatic hydroxyl groups excluding tert-OH is 2. The van der Waals surface area contributed by atoms with Crippen molar-refractivity contribution in [2.24, 2.45) is 0 Å². The van der Waals surface area contributed by atoms with Crippen molar-refractivity contribution in [3.05, 3.63) is 182 Å². The molecule has 0 amide bonds. The third-order valence-corrected chi connectivity index (χ3v) is 18.0. The van der Waals surface area contributed by atoms with E-state index in [1.165, 1.54) is 19.3 Å². The van der Waals surface area contributed by atoms with Gasteiger partial charge in [-0.2, -0.15) is 0 Å². The van der Waals surface area contributed by atoms with Crippen LogP contribution >= 0.6 is 15.6 Å². The van der Waals surface area contributed by atoms with E-state index >= 15 is 0 Å². The number of hydrogen-bond donors (Lipinski definition) is 4. The number of hydrogen-bond acceptors (Lipinski definition) is 14. The quantitative estimate of drug-likeness (QED) is 0.0146. The summed E-state index contributed by atoms with van der Waals surface area (Å²) in [5, 5.41) is 20.7. The van der Waals surface area contributed by atoms with Crippen LogP contribution in [0.3, 0.4) is 0 Å². The lowest BCUT2D eigenvalue weighted by molar-refractivity contribution is -0.161. The van der Waals surface area contributed by atoms with E-state index in [2.05, 4.69) is 203 Å². The average Bonchev–Trinajstić information content (AvgIpc) is 0.941. The number of rotatable bonds is 74. The molecule has 0 rings (SSSR count). The van der Waals surface area contributed by atoms with Crippen LogP contribution in [0.1, 0.15) is 290 Å². The van der Waals surface area contributed by atoms with Gasteiger partial charge in [-0.1, -0.05) is 299 Å². The molecule has 0 aliphatic heterocycles. The van der Waals surface area contributed by atoms with Gasteiger partial charge >= 0.3 is 33.6 Å². The van der Waals surface area contributed by atoms with Crippen molar-refractivity contribution in [1.82, 2.24) is 0 Å². The number of aliphatic hydroxyl groups is 2. The molecular formula is C87H142O16P2. The van der Waals surface area contributed by atoms with E-state index in [0.717, 1.165) is 212 Å². The molecule has 4 N–H and O–H groups in total. The number of esters is 3. The molecule has 18 heteroatoms. The van der Waals surface area contributed by atoms with Crippen LogP contribution < -0.4 is 0 Å². The first kappa shape index (κ1) is 99.7. The number of carbonyl (C=O) groups is 3. The molecule has 0 aromatic carbocycles. The number of phosphoric ester groups is 2. The Morgan fingerprint density at radius 1 is 0.267 bits per heavy atom. The van der Waals surface area contributed by atoms with E-state index in [1.54, 1.807) is 0 Å². The molecule has 596 valence electrons. The van der Waals surface area contributed by atoms with E-state index < -0.39 is 91.5 Å². The maximum atomic E-state index is 13.0. The predicted octanol–water partition coefficient (Wildman–Crippen LogP) is 23.8. The van der Waals surface area contributed by atoms with Crippen LogP contribution in [0.4, 0.5) is 0 Å². The third kappa shape index (κ3) is 79.5. The van der Waals surface area contributed by atoms with Crippen LogP contribution in [0.15, 0.2) is 182 Å². The first-order valence-electron chi connectivity index (χ1n) is 40.1. The van der Waals surface area contributed by atoms with Crippen molar-refractivity contribution in [1.29, 1.82) is 0 Å². The van der Waals surface area contributed by atoms with Gasteiger partial charge < -0.3 is 34.2 Å². The van der Waals surface area contributed by atoms with Crippen molar-refractivity contribution >= 4 is 33.6 Å². The minimum Gasteiger partial charge on any atom is -0.463 e. The zero-order valence-corrected chi connectivity index (χ0v) is 66.9. The fourth-order valence-electron chi connectivity index (χ4n) is 10.1. The summed E-state index contributed by atoms with van der Waals surface area (Å²) in [6.07, 6.45) is 101. The van der Waals surface area contributed by atoms with Crippen molar-refractivity contribution in [2.45, 2.75) is 309 Å². The van der Waals surface area contributed by atoms with Crippen LogP contribution in [-0.4, -0.2) is 95.9 Å². The Kier molecular flexibility index (Phi) is 74.3. The summed E-state index contributed by atoms with van der Waals surface area (Å²) in [5.41, 5.74) is 0. The van der Waals surface area contributed by atoms with Crippen LogP contribution in [-0.2, 0) is 55.8 Å². The van der Waals surface area contributed by atoms with Gasteiger partial charge in [0.2, 0.25) is 0 Å². The van der Waals surface area contributed by atoms with Gasteiger partial charge in [0.25, 0.3) is 0 Å². The zero-order chi connectivity index (χ0) is 76.6. The van der Waals surface area contributed by atoms with Gasteiger partial charge in [0.15, 0.2) is 6.10 Å². The number of phosphoric acid groups is 2. The van der Waals surface area contributed by atoms with Crippen LogP contribution in [0.25, 0.3) is 0 Å². The van der Waals surface area contributed by atoms with E-state index in [1.807, 2.05) is 0 Å². The number of unbranched alkanes of at least 4 members (excludes halogenated alkanes) is 21. The highest BCUT2D eigenvalue weighted by Gasteiger charge is 2.29. The maximum Gasteiger partial charge on any atom is 0.472 e. The molecule has 0 saturated carbocycles. The lowest BCUT2D eigenvalue weighted by Gasteiger charge is -2.21. The SMILES string of the molecule is CC/C=C\C/C=C\C/C=C\C/C=C\C/C=C\C/C=C\CCCCCCCCCCC(=O)OCC(O)COP(=O)(O)OCC(O)COP(=O)(O)OCC(COC(=O)CCCCCCCCC/C=C\C/C=C\C/C=C\C/C=C\C/C=C\CC)OC(=O)CCCCCCCC/C=C\C/C=C\C/C=C\C/C=C\CC. The van der Waals surface area contributed by atoms with Gasteiger partial charge in [-0.3, -0.25) is 32.5 Å². The predicted molar refractivity (Wildman–Crippen MR) is 435 cm³/mol. The molecule has 16 nitrogen and oxygen atoms in total. The molecular weight excluding hydrogens is 1360 g/mol. The smallest absolute Gasteiger partial charge is 0.463 e. The first-order chi connectivity index (χ1) is 51.2. The molecule has 0 aliphatic carbocycles. The van der Waals surface area contributed by atoms with E-state index in [0.29, 0.717) is 19.3 Å². The third-order valence-electron chi connectivity index (χ3n) is 16.1.